The minimum Gasteiger partial charge on any atom is -0.491 e. The molecule has 5 rings (SSSR count). The van der Waals surface area contributed by atoms with Crippen LogP contribution in [-0.4, -0.2) is 28.1 Å². The van der Waals surface area contributed by atoms with Crippen molar-refractivity contribution < 1.29 is 9.13 Å². The molecule has 0 bridgehead atoms. The lowest BCUT2D eigenvalue weighted by atomic mass is 10.1. The summed E-state index contributed by atoms with van der Waals surface area (Å²) in [5.74, 6) is 2.21. The smallest absolute Gasteiger partial charge is 0.180 e. The Labute approximate surface area is 189 Å². The fraction of sp³-hybridized carbons (Fsp3) is 0.208. The molecule has 3 heterocycles. The minimum atomic E-state index is -0.247. The predicted octanol–water partition coefficient (Wildman–Crippen LogP) is 4.62. The summed E-state index contributed by atoms with van der Waals surface area (Å²) in [6.07, 6.45) is 2.35. The van der Waals surface area contributed by atoms with Crippen molar-refractivity contribution in [3.8, 4) is 16.2 Å². The number of benzene rings is 2. The minimum absolute atomic E-state index is 0.247. The third kappa shape index (κ3) is 4.40. The maximum atomic E-state index is 13.2. The maximum Gasteiger partial charge on any atom is 0.180 e. The SMILES string of the molecule is Cc1cc(N2CCOc3ccc(-c4cnc(N)s4)cc3C2)nc(Cc2ccc(F)cc2)n1. The van der Waals surface area contributed by atoms with Crippen LogP contribution in [0.2, 0.25) is 0 Å². The van der Waals surface area contributed by atoms with E-state index in [0.717, 1.165) is 38.8 Å². The number of hydrogen-bond acceptors (Lipinski definition) is 7. The largest absolute Gasteiger partial charge is 0.491 e. The highest BCUT2D eigenvalue weighted by molar-refractivity contribution is 7.18. The Hall–Kier alpha value is -3.52. The van der Waals surface area contributed by atoms with Crippen molar-refractivity contribution in [2.45, 2.75) is 19.9 Å². The summed E-state index contributed by atoms with van der Waals surface area (Å²) < 4.78 is 19.2. The number of ether oxygens (including phenoxy) is 1. The standard InChI is InChI=1S/C24H22FN5OS/c1-15-10-23(29-22(28-15)11-16-2-5-19(25)6-3-16)30-8-9-31-20-7-4-17(12-18(20)14-30)21-13-27-24(26)32-21/h2-7,10,12-13H,8-9,11,14H2,1H3,(H2,26,27). The Morgan fingerprint density at radius 3 is 2.75 bits per heavy atom. The maximum absolute atomic E-state index is 13.2. The fourth-order valence-electron chi connectivity index (χ4n) is 3.80. The summed E-state index contributed by atoms with van der Waals surface area (Å²) in [4.78, 5) is 16.8. The molecule has 4 aromatic rings. The van der Waals surface area contributed by atoms with Gasteiger partial charge in [-0.2, -0.15) is 0 Å². The van der Waals surface area contributed by atoms with Gasteiger partial charge in [0.25, 0.3) is 0 Å². The first-order chi connectivity index (χ1) is 15.5. The van der Waals surface area contributed by atoms with Crippen LogP contribution in [0.25, 0.3) is 10.4 Å². The average Bonchev–Trinajstić information content (AvgIpc) is 3.09. The number of nitrogen functional groups attached to an aromatic ring is 1. The number of halogens is 1. The predicted molar refractivity (Wildman–Crippen MR) is 124 cm³/mol. The molecule has 162 valence electrons. The summed E-state index contributed by atoms with van der Waals surface area (Å²) in [6.45, 7) is 3.91. The molecule has 32 heavy (non-hydrogen) atoms. The molecule has 0 saturated heterocycles. The molecule has 6 nitrogen and oxygen atoms in total. The third-order valence-electron chi connectivity index (χ3n) is 5.34. The molecule has 0 aliphatic carbocycles. The first-order valence-corrected chi connectivity index (χ1v) is 11.2. The van der Waals surface area contributed by atoms with E-state index in [-0.39, 0.29) is 5.82 Å². The van der Waals surface area contributed by atoms with Crippen LogP contribution in [0.5, 0.6) is 5.75 Å². The van der Waals surface area contributed by atoms with E-state index in [9.17, 15) is 4.39 Å². The highest BCUT2D eigenvalue weighted by Crippen LogP contribution is 2.33. The van der Waals surface area contributed by atoms with Gasteiger partial charge in [0.15, 0.2) is 5.13 Å². The van der Waals surface area contributed by atoms with Crippen LogP contribution in [0.3, 0.4) is 0 Å². The Kier molecular flexibility index (Phi) is 5.45. The number of hydrogen-bond donors (Lipinski definition) is 1. The van der Waals surface area contributed by atoms with Gasteiger partial charge in [0.05, 0.1) is 11.4 Å². The number of nitrogens with zero attached hydrogens (tertiary/aromatic N) is 4. The zero-order valence-corrected chi connectivity index (χ0v) is 18.4. The monoisotopic (exact) mass is 447 g/mol. The van der Waals surface area contributed by atoms with Gasteiger partial charge in [0.2, 0.25) is 0 Å². The van der Waals surface area contributed by atoms with Crippen LogP contribution in [0.1, 0.15) is 22.6 Å². The average molecular weight is 448 g/mol. The Balaban J connectivity index is 1.43. The lowest BCUT2D eigenvalue weighted by Gasteiger charge is -2.22. The van der Waals surface area contributed by atoms with Crippen LogP contribution >= 0.6 is 11.3 Å². The van der Waals surface area contributed by atoms with Crippen LogP contribution in [0.15, 0.2) is 54.7 Å². The number of aromatic nitrogens is 3. The molecule has 0 unspecified atom stereocenters. The third-order valence-corrected chi connectivity index (χ3v) is 6.21. The van der Waals surface area contributed by atoms with Crippen LogP contribution in [-0.2, 0) is 13.0 Å². The van der Waals surface area contributed by atoms with Crippen molar-refractivity contribution in [2.24, 2.45) is 0 Å². The van der Waals surface area contributed by atoms with Crippen molar-refractivity contribution >= 4 is 22.3 Å². The van der Waals surface area contributed by atoms with Crippen molar-refractivity contribution in [1.29, 1.82) is 0 Å². The molecule has 0 spiro atoms. The van der Waals surface area contributed by atoms with E-state index in [1.807, 2.05) is 25.1 Å². The highest BCUT2D eigenvalue weighted by atomic mass is 32.1. The second kappa shape index (κ2) is 8.55. The number of thiazole rings is 1. The number of fused-ring (bicyclic) bond motifs is 1. The summed E-state index contributed by atoms with van der Waals surface area (Å²) in [5, 5.41) is 0.554. The van der Waals surface area contributed by atoms with Gasteiger partial charge in [-0.25, -0.2) is 19.3 Å². The molecule has 0 fully saturated rings. The topological polar surface area (TPSA) is 77.2 Å². The molecular formula is C24H22FN5OS. The van der Waals surface area contributed by atoms with Crippen LogP contribution in [0, 0.1) is 12.7 Å². The van der Waals surface area contributed by atoms with Crippen LogP contribution in [0.4, 0.5) is 15.3 Å². The number of rotatable bonds is 4. The first-order valence-electron chi connectivity index (χ1n) is 10.3. The van der Waals surface area contributed by atoms with Gasteiger partial charge in [-0.15, -0.1) is 0 Å². The van der Waals surface area contributed by atoms with Gasteiger partial charge >= 0.3 is 0 Å². The van der Waals surface area contributed by atoms with Crippen molar-refractivity contribution in [2.75, 3.05) is 23.8 Å². The van der Waals surface area contributed by atoms with Crippen LogP contribution < -0.4 is 15.4 Å². The highest BCUT2D eigenvalue weighted by Gasteiger charge is 2.19. The van der Waals surface area contributed by atoms with Gasteiger partial charge in [0, 0.05) is 36.5 Å². The molecule has 8 heteroatoms. The van der Waals surface area contributed by atoms with E-state index in [1.54, 1.807) is 18.3 Å². The van der Waals surface area contributed by atoms with E-state index in [2.05, 4.69) is 20.9 Å². The van der Waals surface area contributed by atoms with Crippen molar-refractivity contribution in [1.82, 2.24) is 15.0 Å². The van der Waals surface area contributed by atoms with Gasteiger partial charge < -0.3 is 15.4 Å². The zero-order chi connectivity index (χ0) is 22.1. The fourth-order valence-corrected chi connectivity index (χ4v) is 4.48. The molecule has 1 aliphatic rings. The van der Waals surface area contributed by atoms with Gasteiger partial charge in [-0.1, -0.05) is 23.5 Å². The number of nitrogens with two attached hydrogens (primary N) is 1. The lowest BCUT2D eigenvalue weighted by Crippen LogP contribution is -2.26. The van der Waals surface area contributed by atoms with Gasteiger partial charge in [-0.3, -0.25) is 0 Å². The van der Waals surface area contributed by atoms with E-state index in [1.165, 1.54) is 23.5 Å². The van der Waals surface area contributed by atoms with Gasteiger partial charge in [0.1, 0.15) is 29.8 Å². The van der Waals surface area contributed by atoms with Gasteiger partial charge in [-0.05, 0) is 48.4 Å². The quantitative estimate of drug-likeness (QED) is 0.492. The normalized spacial score (nSPS) is 13.4. The summed E-state index contributed by atoms with van der Waals surface area (Å²) in [6, 6.07) is 14.6. The second-order valence-electron chi connectivity index (χ2n) is 7.74. The molecule has 0 amide bonds. The Morgan fingerprint density at radius 2 is 1.97 bits per heavy atom. The number of anilines is 2. The molecular weight excluding hydrogens is 425 g/mol. The zero-order valence-electron chi connectivity index (χ0n) is 17.6. The Bertz CT molecular complexity index is 1260. The van der Waals surface area contributed by atoms with E-state index in [4.69, 9.17) is 15.5 Å². The lowest BCUT2D eigenvalue weighted by molar-refractivity contribution is 0.331. The number of aryl methyl sites for hydroxylation is 1. The molecule has 0 atom stereocenters. The summed E-state index contributed by atoms with van der Waals surface area (Å²) in [7, 11) is 0. The molecule has 0 radical (unpaired) electrons. The molecule has 2 aromatic carbocycles. The molecule has 2 aromatic heterocycles. The summed E-state index contributed by atoms with van der Waals surface area (Å²) in [5.41, 5.74) is 9.83. The van der Waals surface area contributed by atoms with E-state index >= 15 is 0 Å². The van der Waals surface area contributed by atoms with Crippen molar-refractivity contribution in [3.05, 3.63) is 83.2 Å². The molecule has 2 N–H and O–H groups in total. The van der Waals surface area contributed by atoms with Crippen molar-refractivity contribution in [3.63, 3.8) is 0 Å². The Morgan fingerprint density at radius 1 is 1.12 bits per heavy atom. The second-order valence-corrected chi connectivity index (χ2v) is 8.80. The molecule has 1 aliphatic heterocycles. The van der Waals surface area contributed by atoms with E-state index in [0.29, 0.717) is 37.1 Å². The summed E-state index contributed by atoms with van der Waals surface area (Å²) >= 11 is 1.47. The van der Waals surface area contributed by atoms with E-state index < -0.39 is 0 Å². The first kappa shape index (κ1) is 20.4. The molecule has 0 saturated carbocycles.